The Morgan fingerprint density at radius 3 is 1.06 bits per heavy atom. The number of nitrogens with one attached hydrogen (secondary N) is 1. The van der Waals surface area contributed by atoms with Gasteiger partial charge >= 0.3 is 0 Å². The van der Waals surface area contributed by atoms with Gasteiger partial charge in [-0.1, -0.05) is 242 Å². The predicted octanol–water partition coefficient (Wildman–Crippen LogP) is 16.4. The molecule has 0 saturated heterocycles. The third-order valence-electron chi connectivity index (χ3n) is 12.9. The van der Waals surface area contributed by atoms with Crippen LogP contribution in [0.1, 0.15) is 277 Å². The Labute approximate surface area is 403 Å². The van der Waals surface area contributed by atoms with Crippen LogP contribution in [0.3, 0.4) is 0 Å². The number of aliphatic hydroxyl groups is 4. The maximum Gasteiger partial charge on any atom is 0.249 e. The lowest BCUT2D eigenvalue weighted by molar-refractivity contribution is -0.132. The molecule has 4 atom stereocenters. The molecule has 6 heteroatoms. The molecule has 0 fully saturated rings. The molecule has 5 N–H and O–H groups in total. The van der Waals surface area contributed by atoms with Gasteiger partial charge in [-0.05, 0) is 96.3 Å². The molecule has 0 aromatic carbocycles. The first-order valence-electron chi connectivity index (χ1n) is 28.2. The zero-order valence-corrected chi connectivity index (χ0v) is 43.0. The molecule has 0 radical (unpaired) electrons. The molecule has 0 aliphatic heterocycles. The van der Waals surface area contributed by atoms with E-state index in [1.165, 1.54) is 186 Å². The van der Waals surface area contributed by atoms with Crippen LogP contribution >= 0.6 is 0 Å². The van der Waals surface area contributed by atoms with Crippen molar-refractivity contribution in [1.82, 2.24) is 5.32 Å². The number of carbonyl (C=O) groups is 1. The molecule has 0 bridgehead atoms. The molecule has 0 heterocycles. The van der Waals surface area contributed by atoms with Gasteiger partial charge < -0.3 is 25.7 Å². The summed E-state index contributed by atoms with van der Waals surface area (Å²) in [4.78, 5) is 12.6. The van der Waals surface area contributed by atoms with Gasteiger partial charge in [0.2, 0.25) is 5.91 Å². The molecule has 0 saturated carbocycles. The first kappa shape index (κ1) is 63.0. The second kappa shape index (κ2) is 53.0. The largest absolute Gasteiger partial charge is 0.394 e. The van der Waals surface area contributed by atoms with Gasteiger partial charge in [0.15, 0.2) is 0 Å². The van der Waals surface area contributed by atoms with Crippen molar-refractivity contribution in [2.24, 2.45) is 0 Å². The average molecular weight is 913 g/mol. The Hall–Kier alpha value is -1.99. The second-order valence-corrected chi connectivity index (χ2v) is 19.3. The third kappa shape index (κ3) is 46.9. The van der Waals surface area contributed by atoms with Gasteiger partial charge in [-0.2, -0.15) is 0 Å². The molecule has 0 aliphatic rings. The van der Waals surface area contributed by atoms with Crippen molar-refractivity contribution in [1.29, 1.82) is 0 Å². The fraction of sp³-hybridized carbons (Fsp3) is 0.814. The van der Waals surface area contributed by atoms with Crippen molar-refractivity contribution in [2.45, 2.75) is 301 Å². The van der Waals surface area contributed by atoms with E-state index in [1.807, 2.05) is 0 Å². The minimum Gasteiger partial charge on any atom is -0.394 e. The molecule has 1 amide bonds. The summed E-state index contributed by atoms with van der Waals surface area (Å²) in [5.74, 6) is -0.600. The van der Waals surface area contributed by atoms with Crippen molar-refractivity contribution in [2.75, 3.05) is 6.61 Å². The highest BCUT2D eigenvalue weighted by atomic mass is 16.3. The van der Waals surface area contributed by atoms with Crippen LogP contribution < -0.4 is 5.32 Å². The summed E-state index contributed by atoms with van der Waals surface area (Å²) in [7, 11) is 0. The van der Waals surface area contributed by atoms with Gasteiger partial charge in [0.1, 0.15) is 12.2 Å². The van der Waals surface area contributed by atoms with E-state index >= 15 is 0 Å². The van der Waals surface area contributed by atoms with Gasteiger partial charge in [-0.15, -0.1) is 0 Å². The average Bonchev–Trinajstić information content (AvgIpc) is 3.31. The van der Waals surface area contributed by atoms with Crippen molar-refractivity contribution < 1.29 is 25.2 Å². The molecule has 6 nitrogen and oxygen atoms in total. The highest BCUT2D eigenvalue weighted by Crippen LogP contribution is 2.16. The van der Waals surface area contributed by atoms with Gasteiger partial charge in [0.05, 0.1) is 18.8 Å². The van der Waals surface area contributed by atoms with Crippen LogP contribution in [0.5, 0.6) is 0 Å². The number of allylic oxidation sites excluding steroid dienone is 10. The molecule has 0 rings (SSSR count). The standard InChI is InChI=1S/C59H109NO5/c1-3-5-7-9-11-13-15-17-19-21-23-25-26-27-28-29-30-31-33-35-37-39-41-43-45-47-49-51-53-57(63)59(65)60-55(54-61)58(64)56(62)52-50-48-46-44-42-40-38-36-34-32-24-22-20-18-16-14-12-10-8-6-4-2/h22-25,27-28,36,38,44,46,55-58,61-64H,3-21,26,29-35,37,39-43,45,47-54H2,1-2H3,(H,60,65)/b24-22+,25-23-,28-27-,38-36+,46-44+. The smallest absolute Gasteiger partial charge is 0.249 e. The number of carbonyl (C=O) groups excluding carboxylic acids is 1. The number of hydrogen-bond donors (Lipinski definition) is 5. The normalized spacial score (nSPS) is 14.2. The lowest BCUT2D eigenvalue weighted by atomic mass is 10.00. The summed E-state index contributed by atoms with van der Waals surface area (Å²) in [5, 5.41) is 43.9. The number of amides is 1. The van der Waals surface area contributed by atoms with Gasteiger partial charge in [0.25, 0.3) is 0 Å². The fourth-order valence-corrected chi connectivity index (χ4v) is 8.47. The summed E-state index contributed by atoms with van der Waals surface area (Å²) < 4.78 is 0. The summed E-state index contributed by atoms with van der Waals surface area (Å²) >= 11 is 0. The SMILES string of the molecule is CCCCCCCCCC/C=C/CC/C=C/CC/C=C/CCCC(O)C(O)C(CO)NC(=O)C(O)CCCCCCCCCCCCCC/C=C\C/C=C\CCCCCCCCCCC. The molecular formula is C59H109NO5. The van der Waals surface area contributed by atoms with Crippen LogP contribution in [0.25, 0.3) is 0 Å². The maximum atomic E-state index is 12.6. The lowest BCUT2D eigenvalue weighted by Crippen LogP contribution is -2.53. The Kier molecular flexibility index (Phi) is 51.3. The van der Waals surface area contributed by atoms with E-state index in [4.69, 9.17) is 0 Å². The third-order valence-corrected chi connectivity index (χ3v) is 12.9. The second-order valence-electron chi connectivity index (χ2n) is 19.3. The zero-order chi connectivity index (χ0) is 47.4. The molecule has 4 unspecified atom stereocenters. The summed E-state index contributed by atoms with van der Waals surface area (Å²) in [5.41, 5.74) is 0. The minimum atomic E-state index is -1.30. The quantitative estimate of drug-likeness (QED) is 0.0308. The van der Waals surface area contributed by atoms with E-state index in [0.29, 0.717) is 19.3 Å². The number of unbranched alkanes of at least 4 members (excludes halogenated alkanes) is 32. The van der Waals surface area contributed by atoms with Crippen LogP contribution in [0.4, 0.5) is 0 Å². The fourth-order valence-electron chi connectivity index (χ4n) is 8.47. The highest BCUT2D eigenvalue weighted by Gasteiger charge is 2.28. The molecule has 0 aromatic heterocycles. The molecule has 380 valence electrons. The van der Waals surface area contributed by atoms with Gasteiger partial charge in [-0.25, -0.2) is 0 Å². The van der Waals surface area contributed by atoms with Crippen LogP contribution in [-0.4, -0.2) is 57.3 Å². The number of aliphatic hydroxyl groups excluding tert-OH is 4. The predicted molar refractivity (Wildman–Crippen MR) is 283 cm³/mol. The van der Waals surface area contributed by atoms with Crippen LogP contribution in [0.2, 0.25) is 0 Å². The summed E-state index contributed by atoms with van der Waals surface area (Å²) in [6.07, 6.45) is 68.5. The van der Waals surface area contributed by atoms with E-state index in [2.05, 4.69) is 79.9 Å². The summed E-state index contributed by atoms with van der Waals surface area (Å²) in [6, 6.07) is -1.02. The zero-order valence-electron chi connectivity index (χ0n) is 43.0. The van der Waals surface area contributed by atoms with Crippen molar-refractivity contribution >= 4 is 5.91 Å². The van der Waals surface area contributed by atoms with E-state index in [-0.39, 0.29) is 0 Å². The maximum absolute atomic E-state index is 12.6. The minimum absolute atomic E-state index is 0.355. The topological polar surface area (TPSA) is 110 Å². The van der Waals surface area contributed by atoms with Gasteiger partial charge in [-0.3, -0.25) is 4.79 Å². The molecule has 65 heavy (non-hydrogen) atoms. The van der Waals surface area contributed by atoms with Crippen molar-refractivity contribution in [3.8, 4) is 0 Å². The molecule has 0 spiro atoms. The summed E-state index contributed by atoms with van der Waals surface area (Å²) in [6.45, 7) is 4.05. The van der Waals surface area contributed by atoms with Crippen molar-refractivity contribution in [3.05, 3.63) is 60.8 Å². The van der Waals surface area contributed by atoms with Gasteiger partial charge in [0, 0.05) is 0 Å². The molecular weight excluding hydrogens is 803 g/mol. The van der Waals surface area contributed by atoms with Crippen LogP contribution in [-0.2, 0) is 4.79 Å². The lowest BCUT2D eigenvalue weighted by Gasteiger charge is -2.27. The van der Waals surface area contributed by atoms with Crippen LogP contribution in [0.15, 0.2) is 60.8 Å². The molecule has 0 aromatic rings. The Morgan fingerprint density at radius 2 is 0.692 bits per heavy atom. The van der Waals surface area contributed by atoms with Crippen molar-refractivity contribution in [3.63, 3.8) is 0 Å². The highest BCUT2D eigenvalue weighted by molar-refractivity contribution is 5.80. The Balaban J connectivity index is 3.71. The first-order chi connectivity index (χ1) is 32.0. The van der Waals surface area contributed by atoms with Crippen LogP contribution in [0, 0.1) is 0 Å². The monoisotopic (exact) mass is 912 g/mol. The Bertz CT molecular complexity index is 1110. The number of hydrogen-bond acceptors (Lipinski definition) is 5. The van der Waals surface area contributed by atoms with E-state index in [1.54, 1.807) is 0 Å². The Morgan fingerprint density at radius 1 is 0.385 bits per heavy atom. The van der Waals surface area contributed by atoms with E-state index < -0.39 is 36.9 Å². The molecule has 0 aliphatic carbocycles. The number of rotatable bonds is 51. The van der Waals surface area contributed by atoms with E-state index in [0.717, 1.165) is 57.8 Å². The first-order valence-corrected chi connectivity index (χ1v) is 28.2. The van der Waals surface area contributed by atoms with E-state index in [9.17, 15) is 25.2 Å².